The number of benzene rings is 1. The van der Waals surface area contributed by atoms with Crippen molar-refractivity contribution in [2.75, 3.05) is 38.0 Å². The van der Waals surface area contributed by atoms with Crippen molar-refractivity contribution in [1.29, 1.82) is 0 Å². The van der Waals surface area contributed by atoms with Crippen LogP contribution in [-0.4, -0.2) is 58.6 Å². The number of aromatic nitrogens is 3. The average molecular weight is 465 g/mol. The molecular formula is C25H32N6OS. The fourth-order valence-electron chi connectivity index (χ4n) is 5.19. The lowest BCUT2D eigenvalue weighted by Crippen LogP contribution is -2.39. The Labute approximate surface area is 198 Å². The van der Waals surface area contributed by atoms with Crippen LogP contribution in [0.25, 0.3) is 20.8 Å². The van der Waals surface area contributed by atoms with Gasteiger partial charge in [-0.05, 0) is 76.2 Å². The summed E-state index contributed by atoms with van der Waals surface area (Å²) in [6.45, 7) is 5.38. The van der Waals surface area contributed by atoms with Gasteiger partial charge in [-0.1, -0.05) is 12.1 Å². The Bertz CT molecular complexity index is 1140. The number of thiazole rings is 1. The zero-order chi connectivity index (χ0) is 22.2. The number of hydrogen-bond donors (Lipinski definition) is 3. The molecule has 3 fully saturated rings. The van der Waals surface area contributed by atoms with Gasteiger partial charge in [0.1, 0.15) is 22.2 Å². The summed E-state index contributed by atoms with van der Waals surface area (Å²) in [6.07, 6.45) is 7.11. The molecule has 1 saturated carbocycles. The normalized spacial score (nSPS) is 22.6. The third-order valence-electron chi connectivity index (χ3n) is 7.27. The van der Waals surface area contributed by atoms with Crippen LogP contribution < -0.4 is 16.2 Å². The SMILES string of the molecule is O=c1[nH]c(C2CCN(CC3CC3)CC2)nc(N[C@@H]2CCCNC2)c1-c1nc2ccccc2s1. The lowest BCUT2D eigenvalue weighted by molar-refractivity contribution is 0.202. The summed E-state index contributed by atoms with van der Waals surface area (Å²) in [6, 6.07) is 8.33. The van der Waals surface area contributed by atoms with Crippen LogP contribution in [-0.2, 0) is 0 Å². The van der Waals surface area contributed by atoms with Crippen molar-refractivity contribution < 1.29 is 0 Å². The number of fused-ring (bicyclic) bond motifs is 1. The third kappa shape index (κ3) is 4.69. The monoisotopic (exact) mass is 464 g/mol. The highest BCUT2D eigenvalue weighted by Crippen LogP contribution is 2.35. The van der Waals surface area contributed by atoms with Gasteiger partial charge in [0.05, 0.1) is 10.2 Å². The van der Waals surface area contributed by atoms with E-state index in [1.807, 2.05) is 18.2 Å². The number of rotatable bonds is 6. The Balaban J connectivity index is 1.32. The van der Waals surface area contributed by atoms with Crippen LogP contribution in [0.3, 0.4) is 0 Å². The second-order valence-electron chi connectivity index (χ2n) is 9.87. The van der Waals surface area contributed by atoms with Crippen molar-refractivity contribution in [3.8, 4) is 10.6 Å². The fourth-order valence-corrected chi connectivity index (χ4v) is 6.20. The maximum atomic E-state index is 13.4. The highest BCUT2D eigenvalue weighted by molar-refractivity contribution is 7.21. The Morgan fingerprint density at radius 3 is 2.70 bits per heavy atom. The molecule has 7 nitrogen and oxygen atoms in total. The molecule has 2 saturated heterocycles. The van der Waals surface area contributed by atoms with Crippen LogP contribution >= 0.6 is 11.3 Å². The first-order chi connectivity index (χ1) is 16.2. The van der Waals surface area contributed by atoms with Crippen LogP contribution in [0.1, 0.15) is 50.3 Å². The summed E-state index contributed by atoms with van der Waals surface area (Å²) in [5.74, 6) is 2.76. The number of para-hydroxylation sites is 1. The molecule has 0 spiro atoms. The number of nitrogens with zero attached hydrogens (tertiary/aromatic N) is 3. The fraction of sp³-hybridized carbons (Fsp3) is 0.560. The smallest absolute Gasteiger partial charge is 0.263 e. The van der Waals surface area contributed by atoms with Crippen molar-refractivity contribution >= 4 is 27.4 Å². The van der Waals surface area contributed by atoms with Crippen molar-refractivity contribution in [3.63, 3.8) is 0 Å². The molecule has 2 aliphatic heterocycles. The maximum Gasteiger partial charge on any atom is 0.263 e. The Hall–Kier alpha value is -2.29. The van der Waals surface area contributed by atoms with Gasteiger partial charge in [-0.2, -0.15) is 0 Å². The predicted molar refractivity (Wildman–Crippen MR) is 134 cm³/mol. The predicted octanol–water partition coefficient (Wildman–Crippen LogP) is 3.80. The van der Waals surface area contributed by atoms with E-state index in [-0.39, 0.29) is 11.6 Å². The molecule has 6 rings (SSSR count). The molecule has 0 bridgehead atoms. The Kier molecular flexibility index (Phi) is 5.90. The molecule has 0 unspecified atom stereocenters. The standard InChI is InChI=1S/C25H32N6OS/c32-24-21(25-28-19-5-1-2-6-20(19)33-25)23(27-18-4-3-11-26-14-18)29-22(30-24)17-9-12-31(13-10-17)15-16-7-8-16/h1-2,5-6,16-18,26H,3-4,7-15H2,(H2,27,29,30,32)/t18-/m1/s1. The van der Waals surface area contributed by atoms with Crippen molar-refractivity contribution in [1.82, 2.24) is 25.2 Å². The van der Waals surface area contributed by atoms with Crippen LogP contribution in [0.2, 0.25) is 0 Å². The molecule has 3 aliphatic rings. The van der Waals surface area contributed by atoms with E-state index in [1.165, 1.54) is 19.4 Å². The number of aromatic amines is 1. The molecule has 0 radical (unpaired) electrons. The molecule has 1 aromatic carbocycles. The minimum Gasteiger partial charge on any atom is -0.365 e. The Morgan fingerprint density at radius 2 is 1.94 bits per heavy atom. The molecule has 4 heterocycles. The van der Waals surface area contributed by atoms with Gasteiger partial charge in [0, 0.05) is 25.0 Å². The van der Waals surface area contributed by atoms with Gasteiger partial charge in [0.25, 0.3) is 5.56 Å². The van der Waals surface area contributed by atoms with E-state index in [4.69, 9.17) is 9.97 Å². The molecule has 3 aromatic rings. The van der Waals surface area contributed by atoms with E-state index < -0.39 is 0 Å². The third-order valence-corrected chi connectivity index (χ3v) is 8.32. The molecule has 3 N–H and O–H groups in total. The average Bonchev–Trinajstić information content (AvgIpc) is 3.55. The second-order valence-corrected chi connectivity index (χ2v) is 10.9. The first-order valence-corrected chi connectivity index (χ1v) is 13.2. The summed E-state index contributed by atoms with van der Waals surface area (Å²) < 4.78 is 1.09. The summed E-state index contributed by atoms with van der Waals surface area (Å²) >= 11 is 1.56. The lowest BCUT2D eigenvalue weighted by Gasteiger charge is -2.32. The molecule has 33 heavy (non-hydrogen) atoms. The minimum atomic E-state index is -0.0780. The van der Waals surface area contributed by atoms with E-state index in [9.17, 15) is 4.79 Å². The number of anilines is 1. The number of likely N-dealkylation sites (tertiary alicyclic amines) is 1. The van der Waals surface area contributed by atoms with Gasteiger partial charge < -0.3 is 20.5 Å². The van der Waals surface area contributed by atoms with Gasteiger partial charge in [-0.15, -0.1) is 11.3 Å². The van der Waals surface area contributed by atoms with Crippen molar-refractivity contribution in [2.45, 2.75) is 50.5 Å². The maximum absolute atomic E-state index is 13.4. The zero-order valence-corrected chi connectivity index (χ0v) is 19.8. The topological polar surface area (TPSA) is 85.9 Å². The highest BCUT2D eigenvalue weighted by atomic mass is 32.1. The minimum absolute atomic E-state index is 0.0780. The molecule has 2 aromatic heterocycles. The molecular weight excluding hydrogens is 432 g/mol. The molecule has 8 heteroatoms. The van der Waals surface area contributed by atoms with E-state index in [0.29, 0.717) is 17.3 Å². The molecule has 1 atom stereocenters. The van der Waals surface area contributed by atoms with Crippen molar-refractivity contribution in [2.24, 2.45) is 5.92 Å². The van der Waals surface area contributed by atoms with E-state index in [2.05, 4.69) is 26.6 Å². The Morgan fingerprint density at radius 1 is 1.09 bits per heavy atom. The van der Waals surface area contributed by atoms with E-state index in [0.717, 1.165) is 78.8 Å². The van der Waals surface area contributed by atoms with Gasteiger partial charge in [-0.3, -0.25) is 4.79 Å². The molecule has 174 valence electrons. The first-order valence-electron chi connectivity index (χ1n) is 12.4. The summed E-state index contributed by atoms with van der Waals surface area (Å²) in [5, 5.41) is 7.82. The van der Waals surface area contributed by atoms with Crippen LogP contribution in [0, 0.1) is 5.92 Å². The largest absolute Gasteiger partial charge is 0.365 e. The van der Waals surface area contributed by atoms with E-state index in [1.54, 1.807) is 11.3 Å². The van der Waals surface area contributed by atoms with Gasteiger partial charge in [0.15, 0.2) is 0 Å². The number of nitrogens with one attached hydrogen (secondary N) is 3. The van der Waals surface area contributed by atoms with Gasteiger partial charge in [0.2, 0.25) is 0 Å². The van der Waals surface area contributed by atoms with Crippen LogP contribution in [0.15, 0.2) is 29.1 Å². The second kappa shape index (κ2) is 9.16. The van der Waals surface area contributed by atoms with Crippen LogP contribution in [0.5, 0.6) is 0 Å². The zero-order valence-electron chi connectivity index (χ0n) is 19.0. The summed E-state index contributed by atoms with van der Waals surface area (Å²) in [5.41, 5.74) is 1.43. The van der Waals surface area contributed by atoms with Gasteiger partial charge in [-0.25, -0.2) is 9.97 Å². The van der Waals surface area contributed by atoms with Crippen LogP contribution in [0.4, 0.5) is 5.82 Å². The number of hydrogen-bond acceptors (Lipinski definition) is 7. The molecule has 0 amide bonds. The quantitative estimate of drug-likeness (QED) is 0.515. The van der Waals surface area contributed by atoms with Gasteiger partial charge >= 0.3 is 0 Å². The number of H-pyrrole nitrogens is 1. The lowest BCUT2D eigenvalue weighted by atomic mass is 9.95. The highest BCUT2D eigenvalue weighted by Gasteiger charge is 2.29. The summed E-state index contributed by atoms with van der Waals surface area (Å²) in [7, 11) is 0. The first kappa shape index (κ1) is 21.3. The molecule has 1 aliphatic carbocycles. The van der Waals surface area contributed by atoms with Crippen molar-refractivity contribution in [3.05, 3.63) is 40.4 Å². The summed E-state index contributed by atoms with van der Waals surface area (Å²) in [4.78, 5) is 29.0. The number of piperidine rings is 2. The van der Waals surface area contributed by atoms with E-state index >= 15 is 0 Å².